The van der Waals surface area contributed by atoms with Crippen molar-refractivity contribution < 1.29 is 4.79 Å². The minimum Gasteiger partial charge on any atom is -0.299 e. The molecule has 2 aromatic rings. The maximum absolute atomic E-state index is 13.1. The summed E-state index contributed by atoms with van der Waals surface area (Å²) in [6.07, 6.45) is 3.10. The lowest BCUT2D eigenvalue weighted by atomic mass is 9.91. The van der Waals surface area contributed by atoms with Crippen LogP contribution < -0.4 is 0 Å². The lowest BCUT2D eigenvalue weighted by Gasteiger charge is -2.30. The van der Waals surface area contributed by atoms with Gasteiger partial charge in [-0.2, -0.15) is 5.10 Å². The summed E-state index contributed by atoms with van der Waals surface area (Å²) in [6, 6.07) is 5.06. The molecule has 1 amide bonds. The molecule has 0 atom stereocenters. The van der Waals surface area contributed by atoms with Gasteiger partial charge in [0.1, 0.15) is 17.7 Å². The predicted molar refractivity (Wildman–Crippen MR) is 97.8 cm³/mol. The normalized spacial score (nSPS) is 15.3. The van der Waals surface area contributed by atoms with E-state index >= 15 is 0 Å². The van der Waals surface area contributed by atoms with Gasteiger partial charge < -0.3 is 0 Å². The van der Waals surface area contributed by atoms with Crippen molar-refractivity contribution in [2.24, 2.45) is 5.41 Å². The summed E-state index contributed by atoms with van der Waals surface area (Å²) < 4.78 is 1.69. The third-order valence-electron chi connectivity index (χ3n) is 3.56. The number of carbonyl (C=O) groups is 1. The SMILES string of the molecule is CC(C)(C)C1=C(n2cncn2)SCN1C(=O)c1c(Cl)cccc1Cl. The highest BCUT2D eigenvalue weighted by molar-refractivity contribution is 8.08. The van der Waals surface area contributed by atoms with E-state index in [4.69, 9.17) is 23.2 Å². The lowest BCUT2D eigenvalue weighted by molar-refractivity contribution is 0.0807. The largest absolute Gasteiger partial charge is 0.299 e. The molecule has 1 aliphatic rings. The van der Waals surface area contributed by atoms with Gasteiger partial charge in [0.15, 0.2) is 0 Å². The van der Waals surface area contributed by atoms with Gasteiger partial charge in [0, 0.05) is 5.41 Å². The molecule has 2 heterocycles. The van der Waals surface area contributed by atoms with Gasteiger partial charge in [-0.05, 0) is 12.1 Å². The fourth-order valence-electron chi connectivity index (χ4n) is 2.58. The van der Waals surface area contributed by atoms with Gasteiger partial charge in [-0.15, -0.1) is 0 Å². The minimum absolute atomic E-state index is 0.210. The average molecular weight is 383 g/mol. The number of aromatic nitrogens is 3. The maximum atomic E-state index is 13.1. The van der Waals surface area contributed by atoms with Gasteiger partial charge in [-0.1, -0.05) is 61.8 Å². The molecule has 0 spiro atoms. The quantitative estimate of drug-likeness (QED) is 0.760. The number of hydrogen-bond acceptors (Lipinski definition) is 4. The molecular weight excluding hydrogens is 367 g/mol. The van der Waals surface area contributed by atoms with Crippen molar-refractivity contribution in [3.63, 3.8) is 0 Å². The van der Waals surface area contributed by atoms with Gasteiger partial charge >= 0.3 is 0 Å². The van der Waals surface area contributed by atoms with Crippen LogP contribution in [0.15, 0.2) is 36.6 Å². The van der Waals surface area contributed by atoms with Gasteiger partial charge in [0.05, 0.1) is 27.2 Å². The molecular formula is C16H16Cl2N4OS. The second-order valence-electron chi connectivity index (χ2n) is 6.35. The Kier molecular flexibility index (Phi) is 4.64. The van der Waals surface area contributed by atoms with Crippen LogP contribution in [0, 0.1) is 5.41 Å². The van der Waals surface area contributed by atoms with E-state index in [1.54, 1.807) is 34.1 Å². The van der Waals surface area contributed by atoms with Crippen LogP contribution in [0.3, 0.4) is 0 Å². The molecule has 24 heavy (non-hydrogen) atoms. The summed E-state index contributed by atoms with van der Waals surface area (Å²) in [6.45, 7) is 6.17. The number of halogens is 2. The van der Waals surface area contributed by atoms with E-state index in [0.29, 0.717) is 21.5 Å². The van der Waals surface area contributed by atoms with Crippen LogP contribution >= 0.6 is 35.0 Å². The van der Waals surface area contributed by atoms with Crippen molar-refractivity contribution in [2.75, 3.05) is 5.88 Å². The van der Waals surface area contributed by atoms with E-state index in [9.17, 15) is 4.79 Å². The maximum Gasteiger partial charge on any atom is 0.261 e. The first-order chi connectivity index (χ1) is 11.3. The smallest absolute Gasteiger partial charge is 0.261 e. The van der Waals surface area contributed by atoms with Crippen LogP contribution in [0.4, 0.5) is 0 Å². The average Bonchev–Trinajstić information content (AvgIpc) is 3.15. The standard InChI is InChI=1S/C16H16Cl2N4OS/c1-16(2,3)13-15(22-8-19-7-20-22)24-9-21(13)14(23)12-10(17)5-4-6-11(12)18/h4-8H,9H2,1-3H3. The molecule has 126 valence electrons. The van der Waals surface area contributed by atoms with E-state index in [2.05, 4.69) is 30.9 Å². The van der Waals surface area contributed by atoms with Crippen LogP contribution in [-0.2, 0) is 0 Å². The van der Waals surface area contributed by atoms with Crippen LogP contribution in [0.5, 0.6) is 0 Å². The van der Waals surface area contributed by atoms with Gasteiger partial charge in [-0.25, -0.2) is 9.67 Å². The number of allylic oxidation sites excluding steroid dienone is 1. The molecule has 0 saturated heterocycles. The van der Waals surface area contributed by atoms with Crippen molar-refractivity contribution in [3.8, 4) is 0 Å². The molecule has 0 fully saturated rings. The molecule has 0 bridgehead atoms. The number of thioether (sulfide) groups is 1. The molecule has 8 heteroatoms. The molecule has 0 saturated carbocycles. The number of benzene rings is 1. The van der Waals surface area contributed by atoms with Crippen LogP contribution in [-0.4, -0.2) is 31.4 Å². The first-order valence-corrected chi connectivity index (χ1v) is 9.03. The monoisotopic (exact) mass is 382 g/mol. The fraction of sp³-hybridized carbons (Fsp3) is 0.312. The van der Waals surface area contributed by atoms with E-state index in [1.165, 1.54) is 18.1 Å². The number of rotatable bonds is 2. The number of carbonyl (C=O) groups excluding carboxylic acids is 1. The highest BCUT2D eigenvalue weighted by Crippen LogP contribution is 2.45. The Labute approximate surface area is 154 Å². The molecule has 1 aromatic carbocycles. The van der Waals surface area contributed by atoms with E-state index in [1.807, 2.05) is 0 Å². The Hall–Kier alpha value is -1.50. The zero-order chi connectivity index (χ0) is 17.5. The lowest BCUT2D eigenvalue weighted by Crippen LogP contribution is -2.33. The highest BCUT2D eigenvalue weighted by atomic mass is 35.5. The predicted octanol–water partition coefficient (Wildman–Crippen LogP) is 4.60. The van der Waals surface area contributed by atoms with Gasteiger partial charge in [0.25, 0.3) is 5.91 Å². The van der Waals surface area contributed by atoms with Crippen molar-refractivity contribution in [3.05, 3.63) is 52.2 Å². The highest BCUT2D eigenvalue weighted by Gasteiger charge is 2.38. The Bertz CT molecular complexity index is 792. The zero-order valence-electron chi connectivity index (χ0n) is 13.5. The van der Waals surface area contributed by atoms with Gasteiger partial charge in [0.2, 0.25) is 0 Å². The van der Waals surface area contributed by atoms with Crippen molar-refractivity contribution in [1.29, 1.82) is 0 Å². The summed E-state index contributed by atoms with van der Waals surface area (Å²) in [5.41, 5.74) is 0.927. The summed E-state index contributed by atoms with van der Waals surface area (Å²) >= 11 is 14.0. The second kappa shape index (κ2) is 6.43. The number of nitrogens with zero attached hydrogens (tertiary/aromatic N) is 4. The summed E-state index contributed by atoms with van der Waals surface area (Å²) in [5.74, 6) is 0.264. The van der Waals surface area contributed by atoms with E-state index in [0.717, 1.165) is 10.7 Å². The minimum atomic E-state index is -0.270. The van der Waals surface area contributed by atoms with Crippen molar-refractivity contribution in [1.82, 2.24) is 19.7 Å². The zero-order valence-corrected chi connectivity index (χ0v) is 15.8. The Balaban J connectivity index is 2.10. The molecule has 1 aliphatic heterocycles. The first kappa shape index (κ1) is 17.3. The van der Waals surface area contributed by atoms with Crippen LogP contribution in [0.25, 0.3) is 5.03 Å². The third kappa shape index (κ3) is 3.06. The topological polar surface area (TPSA) is 51.0 Å². The summed E-state index contributed by atoms with van der Waals surface area (Å²) in [4.78, 5) is 18.8. The fourth-order valence-corrected chi connectivity index (χ4v) is 4.42. The molecule has 5 nitrogen and oxygen atoms in total. The first-order valence-electron chi connectivity index (χ1n) is 7.29. The van der Waals surface area contributed by atoms with Crippen molar-refractivity contribution >= 4 is 45.9 Å². The van der Waals surface area contributed by atoms with Gasteiger partial charge in [-0.3, -0.25) is 9.69 Å². The van der Waals surface area contributed by atoms with Crippen LogP contribution in [0.1, 0.15) is 31.1 Å². The molecule has 1 aromatic heterocycles. The Morgan fingerprint density at radius 2 is 1.92 bits per heavy atom. The third-order valence-corrected chi connectivity index (χ3v) is 5.23. The second-order valence-corrected chi connectivity index (χ2v) is 8.10. The number of amides is 1. The molecule has 0 N–H and O–H groups in total. The number of hydrogen-bond donors (Lipinski definition) is 0. The summed E-state index contributed by atoms with van der Waals surface area (Å²) in [5, 5.41) is 5.78. The van der Waals surface area contributed by atoms with E-state index < -0.39 is 0 Å². The molecule has 0 unspecified atom stereocenters. The van der Waals surface area contributed by atoms with Crippen molar-refractivity contribution in [2.45, 2.75) is 20.8 Å². The Morgan fingerprint density at radius 1 is 1.25 bits per heavy atom. The Morgan fingerprint density at radius 3 is 2.46 bits per heavy atom. The summed E-state index contributed by atoms with van der Waals surface area (Å²) in [7, 11) is 0. The van der Waals surface area contributed by atoms with E-state index in [-0.39, 0.29) is 11.3 Å². The van der Waals surface area contributed by atoms with Crippen LogP contribution in [0.2, 0.25) is 10.0 Å². The molecule has 3 rings (SSSR count). The molecule has 0 aliphatic carbocycles. The molecule has 0 radical (unpaired) electrons.